The van der Waals surface area contributed by atoms with Gasteiger partial charge in [-0.2, -0.15) is 0 Å². The van der Waals surface area contributed by atoms with E-state index in [1.807, 2.05) is 39.8 Å². The van der Waals surface area contributed by atoms with Crippen LogP contribution in [0.4, 0.5) is 4.79 Å². The van der Waals surface area contributed by atoms with E-state index in [1.165, 1.54) is 0 Å². The molecule has 0 bridgehead atoms. The number of hydrogen-bond acceptors (Lipinski definition) is 4. The normalized spacial score (nSPS) is 20.7. The van der Waals surface area contributed by atoms with Crippen molar-refractivity contribution < 1.29 is 24.0 Å². The van der Waals surface area contributed by atoms with Crippen LogP contribution >= 0.6 is 0 Å². The second-order valence-electron chi connectivity index (χ2n) is 7.46. The number of nitrogens with zero attached hydrogens (tertiary/aromatic N) is 1. The molecule has 0 aliphatic carbocycles. The molecule has 2 aliphatic heterocycles. The molecule has 0 radical (unpaired) electrons. The molecule has 7 nitrogen and oxygen atoms in total. The zero-order valence-corrected chi connectivity index (χ0v) is 15.0. The van der Waals surface area contributed by atoms with E-state index in [1.54, 1.807) is 11.0 Å². The number of hydrogen-bond donors (Lipinski definition) is 2. The Morgan fingerprint density at radius 2 is 1.92 bits per heavy atom. The predicted molar refractivity (Wildman–Crippen MR) is 92.9 cm³/mol. The first kappa shape index (κ1) is 17.8. The van der Waals surface area contributed by atoms with E-state index in [9.17, 15) is 9.59 Å². The van der Waals surface area contributed by atoms with Gasteiger partial charge in [0, 0.05) is 25.2 Å². The zero-order valence-electron chi connectivity index (χ0n) is 15.0. The van der Waals surface area contributed by atoms with Crippen LogP contribution in [0.1, 0.15) is 43.6 Å². The average Bonchev–Trinajstić information content (AvgIpc) is 2.92. The van der Waals surface area contributed by atoms with Gasteiger partial charge in [0.1, 0.15) is 0 Å². The minimum absolute atomic E-state index is 0.0809. The SMILES string of the molecule is CC1(C)OB(c2ccc3c(c2)CN(CCNC(=O)O)C3=O)OC1(C)C. The molecule has 134 valence electrons. The Morgan fingerprint density at radius 3 is 2.52 bits per heavy atom. The maximum atomic E-state index is 12.4. The number of carbonyl (C=O) groups is 2. The molecule has 0 atom stereocenters. The van der Waals surface area contributed by atoms with Crippen molar-refractivity contribution in [3.8, 4) is 0 Å². The van der Waals surface area contributed by atoms with Crippen molar-refractivity contribution in [2.75, 3.05) is 13.1 Å². The lowest BCUT2D eigenvalue weighted by Gasteiger charge is -2.32. The topological polar surface area (TPSA) is 88.1 Å². The summed E-state index contributed by atoms with van der Waals surface area (Å²) in [5.41, 5.74) is 1.61. The summed E-state index contributed by atoms with van der Waals surface area (Å²) in [6, 6.07) is 5.60. The summed E-state index contributed by atoms with van der Waals surface area (Å²) >= 11 is 0. The quantitative estimate of drug-likeness (QED) is 0.800. The number of amides is 2. The predicted octanol–water partition coefficient (Wildman–Crippen LogP) is 1.21. The van der Waals surface area contributed by atoms with Crippen LogP contribution in [0.2, 0.25) is 0 Å². The summed E-state index contributed by atoms with van der Waals surface area (Å²) in [5, 5.41) is 10.9. The minimum Gasteiger partial charge on any atom is -0.465 e. The van der Waals surface area contributed by atoms with E-state index in [2.05, 4.69) is 5.32 Å². The Hall–Kier alpha value is -2.06. The lowest BCUT2D eigenvalue weighted by molar-refractivity contribution is 0.00578. The van der Waals surface area contributed by atoms with Gasteiger partial charge in [0.25, 0.3) is 5.91 Å². The molecular formula is C17H23BN2O5. The molecule has 2 N–H and O–H groups in total. The Labute approximate surface area is 147 Å². The highest BCUT2D eigenvalue weighted by Gasteiger charge is 2.51. The number of fused-ring (bicyclic) bond motifs is 1. The summed E-state index contributed by atoms with van der Waals surface area (Å²) in [5.74, 6) is -0.0809. The number of nitrogens with one attached hydrogen (secondary N) is 1. The van der Waals surface area contributed by atoms with Gasteiger partial charge >= 0.3 is 13.2 Å². The number of rotatable bonds is 4. The molecule has 1 aromatic rings. The van der Waals surface area contributed by atoms with Gasteiger partial charge in [-0.05, 0) is 44.8 Å². The van der Waals surface area contributed by atoms with Gasteiger partial charge in [0.05, 0.1) is 11.2 Å². The van der Waals surface area contributed by atoms with Gasteiger partial charge in [-0.25, -0.2) is 4.79 Å². The van der Waals surface area contributed by atoms with Crippen LogP contribution in [0.5, 0.6) is 0 Å². The summed E-state index contributed by atoms with van der Waals surface area (Å²) in [6.07, 6.45) is -1.09. The molecule has 3 rings (SSSR count). The van der Waals surface area contributed by atoms with Gasteiger partial charge in [0.15, 0.2) is 0 Å². The molecular weight excluding hydrogens is 323 g/mol. The monoisotopic (exact) mass is 346 g/mol. The molecule has 0 saturated carbocycles. The molecule has 0 spiro atoms. The highest BCUT2D eigenvalue weighted by molar-refractivity contribution is 6.62. The van der Waals surface area contributed by atoms with Crippen molar-refractivity contribution in [2.24, 2.45) is 0 Å². The maximum Gasteiger partial charge on any atom is 0.494 e. The summed E-state index contributed by atoms with van der Waals surface area (Å²) in [7, 11) is -0.465. The molecule has 1 fully saturated rings. The summed E-state index contributed by atoms with van der Waals surface area (Å²) < 4.78 is 12.1. The van der Waals surface area contributed by atoms with Crippen molar-refractivity contribution in [2.45, 2.75) is 45.4 Å². The Kier molecular flexibility index (Phi) is 4.29. The smallest absolute Gasteiger partial charge is 0.465 e. The molecule has 2 heterocycles. The largest absolute Gasteiger partial charge is 0.494 e. The number of carbonyl (C=O) groups excluding carboxylic acids is 1. The molecule has 0 unspecified atom stereocenters. The Morgan fingerprint density at radius 1 is 1.28 bits per heavy atom. The van der Waals surface area contributed by atoms with Crippen LogP contribution in [-0.4, -0.2) is 53.4 Å². The van der Waals surface area contributed by atoms with Crippen LogP contribution in [0.15, 0.2) is 18.2 Å². The highest BCUT2D eigenvalue weighted by atomic mass is 16.7. The summed E-state index contributed by atoms with van der Waals surface area (Å²) in [6.45, 7) is 9.01. The van der Waals surface area contributed by atoms with Gasteiger partial charge in [-0.3, -0.25) is 4.79 Å². The molecule has 2 amide bonds. The molecule has 25 heavy (non-hydrogen) atoms. The lowest BCUT2D eigenvalue weighted by atomic mass is 9.78. The number of benzene rings is 1. The maximum absolute atomic E-state index is 12.4. The lowest BCUT2D eigenvalue weighted by Crippen LogP contribution is -2.41. The van der Waals surface area contributed by atoms with Crippen molar-refractivity contribution in [3.05, 3.63) is 29.3 Å². The third-order valence-electron chi connectivity index (χ3n) is 5.19. The van der Waals surface area contributed by atoms with Crippen molar-refractivity contribution >= 4 is 24.6 Å². The zero-order chi connectivity index (χ0) is 18.4. The van der Waals surface area contributed by atoms with Gasteiger partial charge in [-0.15, -0.1) is 0 Å². The van der Waals surface area contributed by atoms with Crippen LogP contribution in [0.3, 0.4) is 0 Å². The van der Waals surface area contributed by atoms with E-state index in [-0.39, 0.29) is 12.5 Å². The molecule has 1 saturated heterocycles. The molecule has 1 aromatic carbocycles. The van der Waals surface area contributed by atoms with E-state index < -0.39 is 24.4 Å². The number of carboxylic acid groups (broad SMARTS) is 1. The van der Waals surface area contributed by atoms with Crippen molar-refractivity contribution in [1.29, 1.82) is 0 Å². The fraction of sp³-hybridized carbons (Fsp3) is 0.529. The fourth-order valence-electron chi connectivity index (χ4n) is 3.01. The highest BCUT2D eigenvalue weighted by Crippen LogP contribution is 2.36. The Bertz CT molecular complexity index is 703. The Balaban J connectivity index is 1.73. The summed E-state index contributed by atoms with van der Waals surface area (Å²) in [4.78, 5) is 24.6. The van der Waals surface area contributed by atoms with Crippen molar-refractivity contribution in [3.63, 3.8) is 0 Å². The second-order valence-corrected chi connectivity index (χ2v) is 7.46. The van der Waals surface area contributed by atoms with Gasteiger partial charge in [0.2, 0.25) is 0 Å². The second kappa shape index (κ2) is 6.03. The minimum atomic E-state index is -1.09. The van der Waals surface area contributed by atoms with E-state index in [4.69, 9.17) is 14.4 Å². The van der Waals surface area contributed by atoms with Crippen molar-refractivity contribution in [1.82, 2.24) is 10.2 Å². The van der Waals surface area contributed by atoms with E-state index in [0.29, 0.717) is 18.7 Å². The van der Waals surface area contributed by atoms with Crippen LogP contribution < -0.4 is 10.8 Å². The van der Waals surface area contributed by atoms with Crippen LogP contribution in [-0.2, 0) is 15.9 Å². The first-order valence-electron chi connectivity index (χ1n) is 8.35. The van der Waals surface area contributed by atoms with Crippen LogP contribution in [0, 0.1) is 0 Å². The van der Waals surface area contributed by atoms with Gasteiger partial charge < -0.3 is 24.6 Å². The third kappa shape index (κ3) is 3.24. The molecule has 8 heteroatoms. The first-order valence-corrected chi connectivity index (χ1v) is 8.35. The molecule has 2 aliphatic rings. The van der Waals surface area contributed by atoms with Gasteiger partial charge in [-0.1, -0.05) is 12.1 Å². The van der Waals surface area contributed by atoms with Crippen LogP contribution in [0.25, 0.3) is 0 Å². The first-order chi connectivity index (χ1) is 11.6. The standard InChI is InChI=1S/C17H23BN2O5/c1-16(2)17(3,4)25-18(24-16)12-5-6-13-11(9-12)10-20(14(13)21)8-7-19-15(22)23/h5-6,9,19H,7-8,10H2,1-4H3,(H,22,23). The average molecular weight is 346 g/mol. The molecule has 0 aromatic heterocycles. The fourth-order valence-corrected chi connectivity index (χ4v) is 3.01. The third-order valence-corrected chi connectivity index (χ3v) is 5.19. The van der Waals surface area contributed by atoms with E-state index >= 15 is 0 Å². The van der Waals surface area contributed by atoms with E-state index in [0.717, 1.165) is 11.0 Å².